The van der Waals surface area contributed by atoms with Crippen LogP contribution in [0.15, 0.2) is 72.9 Å². The Hall–Kier alpha value is -2.85. The monoisotopic (exact) mass is 373 g/mol. The molecule has 1 atom stereocenters. The number of benzene rings is 2. The van der Waals surface area contributed by atoms with E-state index in [4.69, 9.17) is 0 Å². The number of hydrogen-bond donors (Lipinski definition) is 1. The third kappa shape index (κ3) is 4.02. The van der Waals surface area contributed by atoms with Crippen LogP contribution in [-0.4, -0.2) is 33.8 Å². The molecule has 1 unspecified atom stereocenters. The largest absolute Gasteiger partial charge is 0.362 e. The van der Waals surface area contributed by atoms with E-state index in [1.54, 1.807) is 0 Å². The maximum atomic E-state index is 12.9. The van der Waals surface area contributed by atoms with Gasteiger partial charge in [0.1, 0.15) is 6.17 Å². The maximum absolute atomic E-state index is 12.9. The molecule has 0 saturated carbocycles. The van der Waals surface area contributed by atoms with Gasteiger partial charge < -0.3 is 9.88 Å². The number of aryl methyl sites for hydroxylation is 1. The first-order valence-corrected chi connectivity index (χ1v) is 10.0. The summed E-state index contributed by atoms with van der Waals surface area (Å²) in [4.78, 5) is 20.5. The number of aromatic nitrogens is 1. The topological polar surface area (TPSA) is 39.3 Å². The predicted octanol–water partition coefficient (Wildman–Crippen LogP) is 4.16. The van der Waals surface area contributed by atoms with Crippen molar-refractivity contribution in [3.63, 3.8) is 0 Å². The Labute approximate surface area is 166 Å². The normalized spacial score (nSPS) is 17.4. The van der Waals surface area contributed by atoms with Crippen molar-refractivity contribution in [2.45, 2.75) is 32.5 Å². The summed E-state index contributed by atoms with van der Waals surface area (Å²) in [5.41, 5.74) is 4.92. The van der Waals surface area contributed by atoms with Gasteiger partial charge in [-0.05, 0) is 41.7 Å². The quantitative estimate of drug-likeness (QED) is 0.675. The molecule has 4 nitrogen and oxygen atoms in total. The lowest BCUT2D eigenvalue weighted by Gasteiger charge is -2.29. The summed E-state index contributed by atoms with van der Waals surface area (Å²) in [5.74, 6) is 0.195. The zero-order chi connectivity index (χ0) is 19.3. The second-order valence-corrected chi connectivity index (χ2v) is 7.40. The van der Waals surface area contributed by atoms with Crippen LogP contribution in [0.1, 0.15) is 35.5 Å². The van der Waals surface area contributed by atoms with E-state index in [1.165, 1.54) is 16.7 Å². The first kappa shape index (κ1) is 18.5. The number of rotatable bonds is 7. The fourth-order valence-electron chi connectivity index (χ4n) is 3.95. The second kappa shape index (κ2) is 8.44. The number of carbonyl (C=O) groups is 1. The summed E-state index contributed by atoms with van der Waals surface area (Å²) in [6.45, 7) is 4.10. The predicted molar refractivity (Wildman–Crippen MR) is 112 cm³/mol. The van der Waals surface area contributed by atoms with Gasteiger partial charge in [0, 0.05) is 19.3 Å². The van der Waals surface area contributed by atoms with Crippen LogP contribution in [0, 0.1) is 0 Å². The van der Waals surface area contributed by atoms with Gasteiger partial charge >= 0.3 is 0 Å². The van der Waals surface area contributed by atoms with Crippen molar-refractivity contribution < 1.29 is 4.79 Å². The molecule has 1 saturated heterocycles. The average Bonchev–Trinajstić information content (AvgIpc) is 3.35. The number of H-pyrrole nitrogens is 1. The summed E-state index contributed by atoms with van der Waals surface area (Å²) in [7, 11) is 0. The highest BCUT2D eigenvalue weighted by Crippen LogP contribution is 2.31. The van der Waals surface area contributed by atoms with E-state index < -0.39 is 0 Å². The van der Waals surface area contributed by atoms with Crippen LogP contribution in [0.25, 0.3) is 0 Å². The molecule has 0 bridgehead atoms. The fraction of sp³-hybridized carbons (Fsp3) is 0.292. The number of amides is 1. The zero-order valence-corrected chi connectivity index (χ0v) is 16.3. The van der Waals surface area contributed by atoms with Gasteiger partial charge in [0.25, 0.3) is 0 Å². The van der Waals surface area contributed by atoms with E-state index in [-0.39, 0.29) is 12.1 Å². The first-order valence-electron chi connectivity index (χ1n) is 10.0. The molecule has 1 N–H and O–H groups in total. The molecule has 144 valence electrons. The summed E-state index contributed by atoms with van der Waals surface area (Å²) in [5, 5.41) is 0. The summed E-state index contributed by atoms with van der Waals surface area (Å²) >= 11 is 0. The van der Waals surface area contributed by atoms with Crippen molar-refractivity contribution in [2.75, 3.05) is 13.1 Å². The lowest BCUT2D eigenvalue weighted by atomic mass is 10.1. The van der Waals surface area contributed by atoms with Crippen molar-refractivity contribution in [3.8, 4) is 0 Å². The molecule has 3 aromatic rings. The van der Waals surface area contributed by atoms with Crippen LogP contribution >= 0.6 is 0 Å². The molecular weight excluding hydrogens is 346 g/mol. The molecule has 1 aliphatic rings. The third-order valence-electron chi connectivity index (χ3n) is 5.50. The van der Waals surface area contributed by atoms with E-state index in [1.807, 2.05) is 23.2 Å². The molecule has 1 fully saturated rings. The van der Waals surface area contributed by atoms with E-state index in [2.05, 4.69) is 71.4 Å². The van der Waals surface area contributed by atoms with Crippen LogP contribution in [0.2, 0.25) is 0 Å². The van der Waals surface area contributed by atoms with Gasteiger partial charge in [-0.15, -0.1) is 0 Å². The van der Waals surface area contributed by atoms with Gasteiger partial charge in [0.15, 0.2) is 0 Å². The van der Waals surface area contributed by atoms with E-state index >= 15 is 0 Å². The van der Waals surface area contributed by atoms with Gasteiger partial charge in [-0.3, -0.25) is 9.69 Å². The van der Waals surface area contributed by atoms with Crippen LogP contribution in [0.3, 0.4) is 0 Å². The molecule has 0 aliphatic carbocycles. The van der Waals surface area contributed by atoms with Gasteiger partial charge in [-0.25, -0.2) is 0 Å². The van der Waals surface area contributed by atoms with Crippen molar-refractivity contribution in [3.05, 3.63) is 95.3 Å². The van der Waals surface area contributed by atoms with Crippen LogP contribution in [-0.2, 0) is 24.2 Å². The molecule has 1 aliphatic heterocycles. The number of nitrogens with zero attached hydrogens (tertiary/aromatic N) is 2. The minimum Gasteiger partial charge on any atom is -0.362 e. The zero-order valence-electron chi connectivity index (χ0n) is 16.3. The summed E-state index contributed by atoms with van der Waals surface area (Å²) in [6.07, 6.45) is 3.80. The van der Waals surface area contributed by atoms with Crippen molar-refractivity contribution in [1.29, 1.82) is 0 Å². The van der Waals surface area contributed by atoms with E-state index in [0.29, 0.717) is 6.54 Å². The van der Waals surface area contributed by atoms with E-state index in [0.717, 1.165) is 31.6 Å². The minimum absolute atomic E-state index is 0.0439. The van der Waals surface area contributed by atoms with Crippen LogP contribution in [0.5, 0.6) is 0 Å². The Morgan fingerprint density at radius 2 is 1.68 bits per heavy atom. The van der Waals surface area contributed by atoms with Gasteiger partial charge in [-0.1, -0.05) is 61.5 Å². The lowest BCUT2D eigenvalue weighted by Crippen LogP contribution is -2.33. The fourth-order valence-corrected chi connectivity index (χ4v) is 3.95. The van der Waals surface area contributed by atoms with Crippen molar-refractivity contribution in [1.82, 2.24) is 14.8 Å². The van der Waals surface area contributed by atoms with Gasteiger partial charge in [0.2, 0.25) is 5.91 Å². The SMILES string of the molecule is CCc1ccc(CCN2C(=O)CN(Cc3ccccc3)C2c2ccc[nH]2)cc1. The number of carbonyl (C=O) groups excluding carboxylic acids is 1. The van der Waals surface area contributed by atoms with Gasteiger partial charge in [-0.2, -0.15) is 0 Å². The Morgan fingerprint density at radius 1 is 0.929 bits per heavy atom. The summed E-state index contributed by atoms with van der Waals surface area (Å²) < 4.78 is 0. The van der Waals surface area contributed by atoms with Crippen LogP contribution < -0.4 is 0 Å². The number of hydrogen-bond acceptors (Lipinski definition) is 2. The minimum atomic E-state index is -0.0439. The van der Waals surface area contributed by atoms with Gasteiger partial charge in [0.05, 0.1) is 12.2 Å². The average molecular weight is 374 g/mol. The molecule has 2 aromatic carbocycles. The molecule has 0 spiro atoms. The molecule has 4 heteroatoms. The Bertz CT molecular complexity index is 887. The molecular formula is C24H27N3O. The summed E-state index contributed by atoms with van der Waals surface area (Å²) in [6, 6.07) is 23.2. The highest BCUT2D eigenvalue weighted by atomic mass is 16.2. The molecule has 28 heavy (non-hydrogen) atoms. The maximum Gasteiger partial charge on any atom is 0.238 e. The molecule has 1 aromatic heterocycles. The number of aromatic amines is 1. The van der Waals surface area contributed by atoms with E-state index in [9.17, 15) is 4.79 Å². The molecule has 1 amide bonds. The number of nitrogens with one attached hydrogen (secondary N) is 1. The Balaban J connectivity index is 1.51. The first-order chi connectivity index (χ1) is 13.7. The van der Waals surface area contributed by atoms with Crippen molar-refractivity contribution >= 4 is 5.91 Å². The Morgan fingerprint density at radius 3 is 2.36 bits per heavy atom. The highest BCUT2D eigenvalue weighted by molar-refractivity contribution is 5.81. The highest BCUT2D eigenvalue weighted by Gasteiger charge is 2.38. The second-order valence-electron chi connectivity index (χ2n) is 7.40. The Kier molecular flexibility index (Phi) is 5.58. The molecule has 0 radical (unpaired) electrons. The molecule has 4 rings (SSSR count). The standard InChI is InChI=1S/C24H27N3O/c1-2-19-10-12-20(13-11-19)14-16-27-23(28)18-26(17-21-7-4-3-5-8-21)24(27)22-9-6-15-25-22/h3-13,15,24-25H,2,14,16-18H2,1H3. The smallest absolute Gasteiger partial charge is 0.238 e. The third-order valence-corrected chi connectivity index (χ3v) is 5.50. The van der Waals surface area contributed by atoms with Crippen LogP contribution in [0.4, 0.5) is 0 Å². The molecule has 2 heterocycles. The van der Waals surface area contributed by atoms with Crippen molar-refractivity contribution in [2.24, 2.45) is 0 Å². The lowest BCUT2D eigenvalue weighted by molar-refractivity contribution is -0.128.